The van der Waals surface area contributed by atoms with Gasteiger partial charge in [-0.2, -0.15) is 0 Å². The molecule has 0 spiro atoms. The summed E-state index contributed by atoms with van der Waals surface area (Å²) in [6, 6.07) is 51.6. The van der Waals surface area contributed by atoms with Crippen molar-refractivity contribution in [2.45, 2.75) is 0 Å². The fraction of sp³-hybridized carbons (Fsp3) is 0. The summed E-state index contributed by atoms with van der Waals surface area (Å²) in [5.41, 5.74) is 8.82. The zero-order valence-corrected chi connectivity index (χ0v) is 25.6. The summed E-state index contributed by atoms with van der Waals surface area (Å²) in [6.07, 6.45) is 0. The standard InChI is InChI=1S/C43H25N3O2/c1-3-9-27(10-4-1)36-25-37(30-19-21-33-32-13-7-8-14-38(32)47-39(33)24-30)45-42(44-36)31-18-16-26-15-17-28-20-22-35-41(40(28)34(26)23-31)48-43(46-35)29-11-5-2-6-12-29/h1-25H. The first kappa shape index (κ1) is 26.6. The number of para-hydroxylation sites is 1. The smallest absolute Gasteiger partial charge is 0.227 e. The van der Waals surface area contributed by atoms with E-state index in [0.29, 0.717) is 11.7 Å². The van der Waals surface area contributed by atoms with Gasteiger partial charge in [0, 0.05) is 38.4 Å². The van der Waals surface area contributed by atoms with Gasteiger partial charge in [0.2, 0.25) is 5.89 Å². The van der Waals surface area contributed by atoms with Gasteiger partial charge in [0.25, 0.3) is 0 Å². The molecule has 48 heavy (non-hydrogen) atoms. The van der Waals surface area contributed by atoms with Crippen molar-refractivity contribution in [3.63, 3.8) is 0 Å². The van der Waals surface area contributed by atoms with Crippen molar-refractivity contribution in [1.29, 1.82) is 0 Å². The second kappa shape index (κ2) is 10.5. The average molecular weight is 616 g/mol. The van der Waals surface area contributed by atoms with E-state index in [1.807, 2.05) is 72.8 Å². The Kier molecular flexibility index (Phi) is 5.81. The van der Waals surface area contributed by atoms with Gasteiger partial charge in [-0.25, -0.2) is 15.0 Å². The van der Waals surface area contributed by atoms with Gasteiger partial charge >= 0.3 is 0 Å². The quantitative estimate of drug-likeness (QED) is 0.184. The minimum atomic E-state index is 0.608. The van der Waals surface area contributed by atoms with E-state index in [1.54, 1.807) is 0 Å². The number of aromatic nitrogens is 3. The zero-order chi connectivity index (χ0) is 31.6. The third-order valence-corrected chi connectivity index (χ3v) is 9.10. The summed E-state index contributed by atoms with van der Waals surface area (Å²) in [5.74, 6) is 1.25. The maximum Gasteiger partial charge on any atom is 0.227 e. The lowest BCUT2D eigenvalue weighted by molar-refractivity contribution is 0.623. The lowest BCUT2D eigenvalue weighted by Crippen LogP contribution is -1.96. The van der Waals surface area contributed by atoms with E-state index in [2.05, 4.69) is 78.9 Å². The molecule has 224 valence electrons. The molecule has 10 rings (SSSR count). The van der Waals surface area contributed by atoms with Crippen LogP contribution in [0.5, 0.6) is 0 Å². The molecule has 0 atom stereocenters. The predicted molar refractivity (Wildman–Crippen MR) is 194 cm³/mol. The molecule has 0 unspecified atom stereocenters. The highest BCUT2D eigenvalue weighted by Crippen LogP contribution is 2.38. The Labute approximate surface area is 274 Å². The molecule has 0 bridgehead atoms. The third-order valence-electron chi connectivity index (χ3n) is 9.10. The third kappa shape index (κ3) is 4.29. The van der Waals surface area contributed by atoms with Crippen LogP contribution in [0.15, 0.2) is 160 Å². The van der Waals surface area contributed by atoms with Crippen molar-refractivity contribution < 1.29 is 8.83 Å². The number of hydrogen-bond donors (Lipinski definition) is 0. The van der Waals surface area contributed by atoms with Crippen LogP contribution in [-0.4, -0.2) is 15.0 Å². The van der Waals surface area contributed by atoms with Crippen molar-refractivity contribution >= 4 is 54.6 Å². The topological polar surface area (TPSA) is 65.0 Å². The van der Waals surface area contributed by atoms with Crippen molar-refractivity contribution in [2.24, 2.45) is 0 Å². The van der Waals surface area contributed by atoms with Crippen molar-refractivity contribution in [2.75, 3.05) is 0 Å². The van der Waals surface area contributed by atoms with Crippen LogP contribution in [0.25, 0.3) is 99.9 Å². The van der Waals surface area contributed by atoms with Gasteiger partial charge in [-0.05, 0) is 64.7 Å². The summed E-state index contributed by atoms with van der Waals surface area (Å²) in [5, 5.41) is 6.46. The number of rotatable bonds is 4. The molecule has 0 aliphatic rings. The van der Waals surface area contributed by atoms with E-state index < -0.39 is 0 Å². The number of hydrogen-bond acceptors (Lipinski definition) is 5. The Hall–Kier alpha value is -6.59. The normalized spacial score (nSPS) is 11.8. The molecule has 3 heterocycles. The Bertz CT molecular complexity index is 2840. The molecular weight excluding hydrogens is 590 g/mol. The first-order chi connectivity index (χ1) is 23.7. The van der Waals surface area contributed by atoms with Gasteiger partial charge in [0.05, 0.1) is 11.4 Å². The number of nitrogens with zero attached hydrogens (tertiary/aromatic N) is 3. The molecule has 0 fully saturated rings. The molecule has 10 aromatic rings. The van der Waals surface area contributed by atoms with Crippen LogP contribution in [0.4, 0.5) is 0 Å². The number of oxazole rings is 1. The molecule has 0 N–H and O–H groups in total. The first-order valence-electron chi connectivity index (χ1n) is 15.9. The first-order valence-corrected chi connectivity index (χ1v) is 15.9. The van der Waals surface area contributed by atoms with Crippen molar-refractivity contribution in [3.8, 4) is 45.4 Å². The zero-order valence-electron chi connectivity index (χ0n) is 25.6. The number of furan rings is 1. The van der Waals surface area contributed by atoms with E-state index in [4.69, 9.17) is 23.8 Å². The molecule has 0 amide bonds. The fourth-order valence-corrected chi connectivity index (χ4v) is 6.73. The maximum absolute atomic E-state index is 6.48. The van der Waals surface area contributed by atoms with Crippen LogP contribution in [0.3, 0.4) is 0 Å². The van der Waals surface area contributed by atoms with Crippen LogP contribution in [0.1, 0.15) is 0 Å². The van der Waals surface area contributed by atoms with E-state index in [-0.39, 0.29) is 0 Å². The minimum absolute atomic E-state index is 0.608. The lowest BCUT2D eigenvalue weighted by atomic mass is 9.98. The second-order valence-electron chi connectivity index (χ2n) is 12.0. The van der Waals surface area contributed by atoms with Crippen LogP contribution in [-0.2, 0) is 0 Å². The molecule has 0 radical (unpaired) electrons. The molecule has 5 nitrogen and oxygen atoms in total. The van der Waals surface area contributed by atoms with Crippen LogP contribution in [0.2, 0.25) is 0 Å². The van der Waals surface area contributed by atoms with E-state index >= 15 is 0 Å². The highest BCUT2D eigenvalue weighted by atomic mass is 16.3. The van der Waals surface area contributed by atoms with Crippen molar-refractivity contribution in [1.82, 2.24) is 15.0 Å². The maximum atomic E-state index is 6.48. The van der Waals surface area contributed by atoms with Crippen LogP contribution < -0.4 is 0 Å². The Morgan fingerprint density at radius 2 is 1.06 bits per heavy atom. The van der Waals surface area contributed by atoms with Gasteiger partial charge in [-0.15, -0.1) is 0 Å². The van der Waals surface area contributed by atoms with Gasteiger partial charge < -0.3 is 8.83 Å². The lowest BCUT2D eigenvalue weighted by Gasteiger charge is -2.11. The van der Waals surface area contributed by atoms with E-state index in [1.165, 1.54) is 0 Å². The van der Waals surface area contributed by atoms with Crippen molar-refractivity contribution in [3.05, 3.63) is 152 Å². The summed E-state index contributed by atoms with van der Waals surface area (Å²) < 4.78 is 12.7. The highest BCUT2D eigenvalue weighted by Gasteiger charge is 2.17. The Balaban J connectivity index is 1.18. The van der Waals surface area contributed by atoms with Crippen LogP contribution >= 0.6 is 0 Å². The van der Waals surface area contributed by atoms with Gasteiger partial charge in [0.1, 0.15) is 16.7 Å². The average Bonchev–Trinajstić information content (AvgIpc) is 3.77. The molecule has 0 aliphatic heterocycles. The SMILES string of the molecule is c1ccc(-c2cc(-c3ccc4c(c3)oc3ccccc34)nc(-c3ccc4ccc5ccc6nc(-c7ccccc7)oc6c5c4c3)n2)cc1. The molecule has 0 aliphatic carbocycles. The summed E-state index contributed by atoms with van der Waals surface area (Å²) in [4.78, 5) is 15.1. The Morgan fingerprint density at radius 1 is 0.396 bits per heavy atom. The van der Waals surface area contributed by atoms with Gasteiger partial charge in [0.15, 0.2) is 11.4 Å². The molecule has 0 saturated carbocycles. The fourth-order valence-electron chi connectivity index (χ4n) is 6.73. The summed E-state index contributed by atoms with van der Waals surface area (Å²) >= 11 is 0. The molecule has 3 aromatic heterocycles. The molecule has 7 aromatic carbocycles. The van der Waals surface area contributed by atoms with Gasteiger partial charge in [-0.3, -0.25) is 0 Å². The summed E-state index contributed by atoms with van der Waals surface area (Å²) in [7, 11) is 0. The molecule has 0 saturated heterocycles. The predicted octanol–water partition coefficient (Wildman–Crippen LogP) is 11.5. The second-order valence-corrected chi connectivity index (χ2v) is 12.0. The molecular formula is C43H25N3O2. The van der Waals surface area contributed by atoms with Crippen LogP contribution in [0, 0.1) is 0 Å². The number of fused-ring (bicyclic) bond motifs is 8. The minimum Gasteiger partial charge on any atom is -0.456 e. The van der Waals surface area contributed by atoms with Gasteiger partial charge in [-0.1, -0.05) is 103 Å². The largest absolute Gasteiger partial charge is 0.456 e. The monoisotopic (exact) mass is 615 g/mol. The Morgan fingerprint density at radius 3 is 1.92 bits per heavy atom. The number of benzene rings is 7. The van der Waals surface area contributed by atoms with E-state index in [9.17, 15) is 0 Å². The van der Waals surface area contributed by atoms with E-state index in [0.717, 1.165) is 88.2 Å². The highest BCUT2D eigenvalue weighted by molar-refractivity contribution is 6.18. The summed E-state index contributed by atoms with van der Waals surface area (Å²) in [6.45, 7) is 0. The molecule has 5 heteroatoms.